The molecule has 1 saturated carbocycles. The van der Waals surface area contributed by atoms with Crippen LogP contribution in [0.25, 0.3) is 5.69 Å². The predicted octanol–water partition coefficient (Wildman–Crippen LogP) is 1.80. The van der Waals surface area contributed by atoms with Crippen LogP contribution in [-0.4, -0.2) is 21.0 Å². The standard InChI is InChI=1S/C12H12F2N4/c13-8-1-4-12(11(14)5-8)18-7-10(16-17-18)6-15-9-2-3-9/h1,4-5,7,9,15H,2-3,6H2. The van der Waals surface area contributed by atoms with Crippen LogP contribution in [0.3, 0.4) is 0 Å². The highest BCUT2D eigenvalue weighted by molar-refractivity contribution is 5.32. The molecule has 1 aromatic heterocycles. The van der Waals surface area contributed by atoms with Gasteiger partial charge in [-0.2, -0.15) is 0 Å². The Labute approximate surface area is 103 Å². The van der Waals surface area contributed by atoms with E-state index in [0.717, 1.165) is 11.8 Å². The van der Waals surface area contributed by atoms with E-state index in [1.54, 1.807) is 6.20 Å². The van der Waals surface area contributed by atoms with Crippen molar-refractivity contribution in [2.24, 2.45) is 0 Å². The van der Waals surface area contributed by atoms with E-state index in [0.29, 0.717) is 12.6 Å². The molecule has 2 aromatic rings. The van der Waals surface area contributed by atoms with Crippen LogP contribution in [0, 0.1) is 11.6 Å². The van der Waals surface area contributed by atoms with Crippen molar-refractivity contribution in [3.8, 4) is 5.69 Å². The Kier molecular flexibility index (Phi) is 2.79. The fourth-order valence-electron chi connectivity index (χ4n) is 1.70. The van der Waals surface area contributed by atoms with Crippen molar-refractivity contribution >= 4 is 0 Å². The molecule has 94 valence electrons. The zero-order valence-electron chi connectivity index (χ0n) is 9.61. The topological polar surface area (TPSA) is 42.7 Å². The number of benzene rings is 1. The molecule has 0 aliphatic heterocycles. The lowest BCUT2D eigenvalue weighted by molar-refractivity contribution is 0.572. The van der Waals surface area contributed by atoms with Gasteiger partial charge in [0.25, 0.3) is 0 Å². The normalized spacial score (nSPS) is 15.0. The van der Waals surface area contributed by atoms with Crippen LogP contribution in [0.4, 0.5) is 8.78 Å². The Morgan fingerprint density at radius 2 is 2.17 bits per heavy atom. The highest BCUT2D eigenvalue weighted by Gasteiger charge is 2.20. The van der Waals surface area contributed by atoms with E-state index in [1.165, 1.54) is 29.7 Å². The van der Waals surface area contributed by atoms with Gasteiger partial charge in [0.15, 0.2) is 5.82 Å². The van der Waals surface area contributed by atoms with Crippen molar-refractivity contribution in [2.45, 2.75) is 25.4 Å². The van der Waals surface area contributed by atoms with E-state index < -0.39 is 11.6 Å². The summed E-state index contributed by atoms with van der Waals surface area (Å²) in [5.41, 5.74) is 0.937. The van der Waals surface area contributed by atoms with Gasteiger partial charge >= 0.3 is 0 Å². The Balaban J connectivity index is 1.78. The first-order valence-corrected chi connectivity index (χ1v) is 5.82. The molecule has 0 atom stereocenters. The van der Waals surface area contributed by atoms with Crippen molar-refractivity contribution in [2.75, 3.05) is 0 Å². The van der Waals surface area contributed by atoms with E-state index >= 15 is 0 Å². The molecule has 6 heteroatoms. The summed E-state index contributed by atoms with van der Waals surface area (Å²) in [5.74, 6) is -1.26. The largest absolute Gasteiger partial charge is 0.308 e. The number of hydrogen-bond donors (Lipinski definition) is 1. The molecule has 4 nitrogen and oxygen atoms in total. The molecule has 0 radical (unpaired) electrons. The van der Waals surface area contributed by atoms with E-state index in [2.05, 4.69) is 15.6 Å². The first-order valence-electron chi connectivity index (χ1n) is 5.82. The summed E-state index contributed by atoms with van der Waals surface area (Å²) in [4.78, 5) is 0. The minimum absolute atomic E-state index is 0.196. The number of hydrogen-bond acceptors (Lipinski definition) is 3. The second-order valence-electron chi connectivity index (χ2n) is 4.41. The zero-order valence-corrected chi connectivity index (χ0v) is 9.61. The summed E-state index contributed by atoms with van der Waals surface area (Å²) < 4.78 is 27.6. The molecule has 0 unspecified atom stereocenters. The van der Waals surface area contributed by atoms with Gasteiger partial charge < -0.3 is 5.32 Å². The van der Waals surface area contributed by atoms with Crippen LogP contribution < -0.4 is 5.32 Å². The van der Waals surface area contributed by atoms with Crippen molar-refractivity contribution in [3.05, 3.63) is 41.7 Å². The Bertz CT molecular complexity index is 563. The van der Waals surface area contributed by atoms with Gasteiger partial charge in [-0.25, -0.2) is 13.5 Å². The van der Waals surface area contributed by atoms with E-state index in [4.69, 9.17) is 0 Å². The second-order valence-corrected chi connectivity index (χ2v) is 4.41. The second kappa shape index (κ2) is 4.45. The summed E-state index contributed by atoms with van der Waals surface area (Å²) in [6.07, 6.45) is 4.03. The lowest BCUT2D eigenvalue weighted by atomic mass is 10.3. The van der Waals surface area contributed by atoms with Crippen LogP contribution in [-0.2, 0) is 6.54 Å². The molecule has 1 heterocycles. The fraction of sp³-hybridized carbons (Fsp3) is 0.333. The van der Waals surface area contributed by atoms with Crippen molar-refractivity contribution in [3.63, 3.8) is 0 Å². The van der Waals surface area contributed by atoms with Crippen LogP contribution in [0.2, 0.25) is 0 Å². The minimum atomic E-state index is -0.651. The molecule has 3 rings (SSSR count). The first-order chi connectivity index (χ1) is 8.72. The third-order valence-corrected chi connectivity index (χ3v) is 2.85. The summed E-state index contributed by atoms with van der Waals surface area (Å²) in [7, 11) is 0. The molecule has 1 aliphatic carbocycles. The van der Waals surface area contributed by atoms with Crippen molar-refractivity contribution in [1.29, 1.82) is 0 Å². The summed E-state index contributed by atoms with van der Waals surface area (Å²) >= 11 is 0. The number of halogens is 2. The number of aromatic nitrogens is 3. The molecule has 1 N–H and O–H groups in total. The highest BCUT2D eigenvalue weighted by Crippen LogP contribution is 2.19. The van der Waals surface area contributed by atoms with Gasteiger partial charge in [0, 0.05) is 18.7 Å². The van der Waals surface area contributed by atoms with E-state index in [-0.39, 0.29) is 5.69 Å². The number of rotatable bonds is 4. The molecule has 0 amide bonds. The van der Waals surface area contributed by atoms with Gasteiger partial charge in [0.05, 0.1) is 11.9 Å². The van der Waals surface area contributed by atoms with Gasteiger partial charge in [-0.15, -0.1) is 5.10 Å². The monoisotopic (exact) mass is 250 g/mol. The maximum Gasteiger partial charge on any atom is 0.151 e. The average Bonchev–Trinajstić information content (AvgIpc) is 3.05. The number of nitrogens with one attached hydrogen (secondary N) is 1. The quantitative estimate of drug-likeness (QED) is 0.899. The molecule has 0 saturated heterocycles. The SMILES string of the molecule is Fc1ccc(-n2cc(CNC3CC3)nn2)c(F)c1. The van der Waals surface area contributed by atoms with Gasteiger partial charge in [-0.1, -0.05) is 5.21 Å². The molecular formula is C12H12F2N4. The van der Waals surface area contributed by atoms with Crippen molar-refractivity contribution in [1.82, 2.24) is 20.3 Å². The zero-order chi connectivity index (χ0) is 12.5. The van der Waals surface area contributed by atoms with Crippen molar-refractivity contribution < 1.29 is 8.78 Å². The third-order valence-electron chi connectivity index (χ3n) is 2.85. The lowest BCUT2D eigenvalue weighted by Crippen LogP contribution is -2.15. The molecule has 0 spiro atoms. The van der Waals surface area contributed by atoms with Gasteiger partial charge in [0.2, 0.25) is 0 Å². The Hall–Kier alpha value is -1.82. The molecule has 1 aliphatic rings. The Morgan fingerprint density at radius 3 is 2.89 bits per heavy atom. The smallest absolute Gasteiger partial charge is 0.151 e. The molecule has 0 bridgehead atoms. The van der Waals surface area contributed by atoms with Crippen LogP contribution in [0.15, 0.2) is 24.4 Å². The minimum Gasteiger partial charge on any atom is -0.308 e. The van der Waals surface area contributed by atoms with Gasteiger partial charge in [-0.3, -0.25) is 0 Å². The maximum atomic E-state index is 13.5. The predicted molar refractivity (Wildman–Crippen MR) is 61.1 cm³/mol. The Morgan fingerprint density at radius 1 is 1.33 bits per heavy atom. The summed E-state index contributed by atoms with van der Waals surface area (Å²) in [6, 6.07) is 3.96. The first kappa shape index (κ1) is 11.3. The molecular weight excluding hydrogens is 238 g/mol. The third kappa shape index (κ3) is 2.38. The van der Waals surface area contributed by atoms with Gasteiger partial charge in [0.1, 0.15) is 11.5 Å². The average molecular weight is 250 g/mol. The fourth-order valence-corrected chi connectivity index (χ4v) is 1.70. The van der Waals surface area contributed by atoms with Crippen LogP contribution >= 0.6 is 0 Å². The maximum absolute atomic E-state index is 13.5. The lowest BCUT2D eigenvalue weighted by Gasteiger charge is -2.01. The molecule has 1 fully saturated rings. The van der Waals surface area contributed by atoms with Crippen LogP contribution in [0.1, 0.15) is 18.5 Å². The van der Waals surface area contributed by atoms with E-state index in [9.17, 15) is 8.78 Å². The molecule has 1 aromatic carbocycles. The highest BCUT2D eigenvalue weighted by atomic mass is 19.1. The summed E-state index contributed by atoms with van der Waals surface area (Å²) in [5, 5.41) is 11.1. The van der Waals surface area contributed by atoms with Gasteiger partial charge in [-0.05, 0) is 25.0 Å². The summed E-state index contributed by atoms with van der Waals surface area (Å²) in [6.45, 7) is 0.619. The molecule has 18 heavy (non-hydrogen) atoms. The van der Waals surface area contributed by atoms with E-state index in [1.807, 2.05) is 0 Å². The number of nitrogens with zero attached hydrogens (tertiary/aromatic N) is 3. The van der Waals surface area contributed by atoms with Crippen LogP contribution in [0.5, 0.6) is 0 Å².